The second-order valence-electron chi connectivity index (χ2n) is 4.61. The number of hydrogen-bond donors (Lipinski definition) is 0. The van der Waals surface area contributed by atoms with Gasteiger partial charge in [0.15, 0.2) is 0 Å². The molecular weight excluding hydrogens is 296 g/mol. The fourth-order valence-electron chi connectivity index (χ4n) is 1.70. The normalized spacial score (nSPS) is 10.5. The lowest BCUT2D eigenvalue weighted by Crippen LogP contribution is -1.91. The zero-order chi connectivity index (χ0) is 17.5. The SMILES string of the molecule is C=CC(=O)OC=CC=CC=CC.c1ccc(-c2ccccc2)cc1. The van der Waals surface area contributed by atoms with Crippen molar-refractivity contribution in [2.45, 2.75) is 6.92 Å². The van der Waals surface area contributed by atoms with E-state index in [0.717, 1.165) is 6.08 Å². The summed E-state index contributed by atoms with van der Waals surface area (Å²) in [6.07, 6.45) is 11.4. The van der Waals surface area contributed by atoms with Gasteiger partial charge in [0.2, 0.25) is 0 Å². The summed E-state index contributed by atoms with van der Waals surface area (Å²) in [5.41, 5.74) is 2.55. The highest BCUT2D eigenvalue weighted by Gasteiger charge is 1.91. The number of ether oxygens (including phenoxy) is 1. The molecule has 2 aromatic rings. The Bertz CT molecular complexity index is 643. The van der Waals surface area contributed by atoms with Crippen molar-refractivity contribution < 1.29 is 9.53 Å². The van der Waals surface area contributed by atoms with Crippen LogP contribution < -0.4 is 0 Å². The summed E-state index contributed by atoms with van der Waals surface area (Å²) in [6, 6.07) is 20.8. The van der Waals surface area contributed by atoms with Gasteiger partial charge in [-0.15, -0.1) is 0 Å². The van der Waals surface area contributed by atoms with Crippen molar-refractivity contribution in [3.63, 3.8) is 0 Å². The highest BCUT2D eigenvalue weighted by molar-refractivity contribution is 5.81. The monoisotopic (exact) mass is 318 g/mol. The molecule has 2 aromatic carbocycles. The summed E-state index contributed by atoms with van der Waals surface area (Å²) in [4.78, 5) is 10.5. The zero-order valence-electron chi connectivity index (χ0n) is 13.8. The van der Waals surface area contributed by atoms with E-state index in [1.165, 1.54) is 17.4 Å². The molecule has 2 heteroatoms. The third-order valence-corrected chi connectivity index (χ3v) is 2.84. The molecule has 0 atom stereocenters. The van der Waals surface area contributed by atoms with Crippen LogP contribution in [0.5, 0.6) is 0 Å². The van der Waals surface area contributed by atoms with Gasteiger partial charge in [0.25, 0.3) is 0 Å². The standard InChI is InChI=1S/C12H10.C10H12O2/c1-3-7-11(8-4-1)12-9-5-2-6-10-12;1-3-5-6-7-8-9-12-10(11)4-2/h1-10H;3-9H,2H2,1H3. The number of rotatable bonds is 5. The van der Waals surface area contributed by atoms with Gasteiger partial charge in [-0.3, -0.25) is 0 Å². The number of carbonyl (C=O) groups is 1. The number of allylic oxidation sites excluding steroid dienone is 5. The van der Waals surface area contributed by atoms with Crippen molar-refractivity contribution in [3.8, 4) is 11.1 Å². The number of carbonyl (C=O) groups excluding carboxylic acids is 1. The van der Waals surface area contributed by atoms with Gasteiger partial charge in [-0.2, -0.15) is 0 Å². The lowest BCUT2D eigenvalue weighted by Gasteiger charge is -1.98. The zero-order valence-corrected chi connectivity index (χ0v) is 13.8. The molecule has 0 amide bonds. The molecule has 0 saturated carbocycles. The van der Waals surface area contributed by atoms with Crippen LogP contribution in [-0.2, 0) is 9.53 Å². The van der Waals surface area contributed by atoms with E-state index >= 15 is 0 Å². The predicted octanol–water partition coefficient (Wildman–Crippen LogP) is 5.72. The molecule has 0 radical (unpaired) electrons. The van der Waals surface area contributed by atoms with Crippen LogP contribution in [0.3, 0.4) is 0 Å². The van der Waals surface area contributed by atoms with Crippen LogP contribution in [0, 0.1) is 0 Å². The summed E-state index contributed by atoms with van der Waals surface area (Å²) in [5, 5.41) is 0. The van der Waals surface area contributed by atoms with Crippen molar-refractivity contribution in [2.75, 3.05) is 0 Å². The fourth-order valence-corrected chi connectivity index (χ4v) is 1.70. The Hall–Kier alpha value is -3.13. The van der Waals surface area contributed by atoms with Gasteiger partial charge in [-0.1, -0.05) is 91.5 Å². The Kier molecular flexibility index (Phi) is 9.79. The third kappa shape index (κ3) is 8.35. The van der Waals surface area contributed by atoms with E-state index in [1.807, 2.05) is 37.3 Å². The Balaban J connectivity index is 0.000000240. The molecule has 0 aliphatic heterocycles. The van der Waals surface area contributed by atoms with Crippen molar-refractivity contribution in [2.24, 2.45) is 0 Å². The largest absolute Gasteiger partial charge is 0.431 e. The summed E-state index contributed by atoms with van der Waals surface area (Å²) < 4.78 is 4.56. The highest BCUT2D eigenvalue weighted by atomic mass is 16.5. The molecule has 0 aliphatic carbocycles. The maximum absolute atomic E-state index is 10.5. The molecule has 0 saturated heterocycles. The molecule has 24 heavy (non-hydrogen) atoms. The van der Waals surface area contributed by atoms with E-state index in [1.54, 1.807) is 12.2 Å². The van der Waals surface area contributed by atoms with Crippen molar-refractivity contribution in [1.29, 1.82) is 0 Å². The minimum atomic E-state index is -0.453. The minimum Gasteiger partial charge on any atom is -0.431 e. The lowest BCUT2D eigenvalue weighted by atomic mass is 10.1. The molecule has 0 fully saturated rings. The van der Waals surface area contributed by atoms with Gasteiger partial charge >= 0.3 is 5.97 Å². The Morgan fingerprint density at radius 2 is 1.33 bits per heavy atom. The maximum Gasteiger partial charge on any atom is 0.334 e. The van der Waals surface area contributed by atoms with Crippen LogP contribution >= 0.6 is 0 Å². The molecule has 0 aromatic heterocycles. The van der Waals surface area contributed by atoms with E-state index < -0.39 is 5.97 Å². The molecule has 0 unspecified atom stereocenters. The molecule has 0 bridgehead atoms. The summed E-state index contributed by atoms with van der Waals surface area (Å²) in [6.45, 7) is 5.17. The van der Waals surface area contributed by atoms with Crippen molar-refractivity contribution in [1.82, 2.24) is 0 Å². The number of hydrogen-bond acceptors (Lipinski definition) is 2. The van der Waals surface area contributed by atoms with E-state index in [0.29, 0.717) is 0 Å². The average Bonchev–Trinajstić information content (AvgIpc) is 2.66. The first kappa shape index (κ1) is 18.9. The second-order valence-corrected chi connectivity index (χ2v) is 4.61. The smallest absolute Gasteiger partial charge is 0.334 e. The molecule has 122 valence electrons. The average molecular weight is 318 g/mol. The first-order chi connectivity index (χ1) is 11.8. The van der Waals surface area contributed by atoms with Gasteiger partial charge in [-0.05, 0) is 24.1 Å². The van der Waals surface area contributed by atoms with Gasteiger partial charge in [0.05, 0.1) is 6.26 Å². The first-order valence-electron chi connectivity index (χ1n) is 7.66. The third-order valence-electron chi connectivity index (χ3n) is 2.84. The molecule has 2 rings (SSSR count). The van der Waals surface area contributed by atoms with Crippen LogP contribution in [0.15, 0.2) is 110 Å². The summed E-state index contributed by atoms with van der Waals surface area (Å²) in [5.74, 6) is -0.453. The van der Waals surface area contributed by atoms with Crippen molar-refractivity contribution in [3.05, 3.63) is 110 Å². The molecule has 0 heterocycles. The topological polar surface area (TPSA) is 26.3 Å². The van der Waals surface area contributed by atoms with Crippen LogP contribution in [0.4, 0.5) is 0 Å². The van der Waals surface area contributed by atoms with Crippen molar-refractivity contribution >= 4 is 5.97 Å². The molecule has 0 aliphatic rings. The quantitative estimate of drug-likeness (QED) is 0.305. The van der Waals surface area contributed by atoms with E-state index in [2.05, 4.69) is 59.8 Å². The number of esters is 1. The van der Waals surface area contributed by atoms with Gasteiger partial charge in [-0.25, -0.2) is 4.79 Å². The van der Waals surface area contributed by atoms with Crippen LogP contribution in [0.1, 0.15) is 6.92 Å². The molecule has 0 spiro atoms. The summed E-state index contributed by atoms with van der Waals surface area (Å²) in [7, 11) is 0. The van der Waals surface area contributed by atoms with Crippen LogP contribution in [0.2, 0.25) is 0 Å². The Labute approximate surface area is 144 Å². The molecular formula is C22H22O2. The maximum atomic E-state index is 10.5. The van der Waals surface area contributed by atoms with Crippen LogP contribution in [0.25, 0.3) is 11.1 Å². The summed E-state index contributed by atoms with van der Waals surface area (Å²) >= 11 is 0. The Morgan fingerprint density at radius 1 is 0.833 bits per heavy atom. The van der Waals surface area contributed by atoms with Gasteiger partial charge in [0, 0.05) is 6.08 Å². The minimum absolute atomic E-state index is 0.453. The van der Waals surface area contributed by atoms with E-state index in [4.69, 9.17) is 0 Å². The first-order valence-corrected chi connectivity index (χ1v) is 7.66. The molecule has 2 nitrogen and oxygen atoms in total. The van der Waals surface area contributed by atoms with Gasteiger partial charge in [0.1, 0.15) is 0 Å². The fraction of sp³-hybridized carbons (Fsp3) is 0.0455. The highest BCUT2D eigenvalue weighted by Crippen LogP contribution is 2.17. The lowest BCUT2D eigenvalue weighted by molar-refractivity contribution is -0.132. The second kappa shape index (κ2) is 12.4. The Morgan fingerprint density at radius 3 is 1.79 bits per heavy atom. The molecule has 0 N–H and O–H groups in total. The van der Waals surface area contributed by atoms with E-state index in [9.17, 15) is 4.79 Å². The van der Waals surface area contributed by atoms with E-state index in [-0.39, 0.29) is 0 Å². The van der Waals surface area contributed by atoms with Gasteiger partial charge < -0.3 is 4.74 Å². The van der Waals surface area contributed by atoms with Crippen LogP contribution in [-0.4, -0.2) is 5.97 Å². The number of benzene rings is 2. The predicted molar refractivity (Wildman–Crippen MR) is 101 cm³/mol.